The Bertz CT molecular complexity index is 876. The first-order valence-corrected chi connectivity index (χ1v) is 7.88. The Morgan fingerprint density at radius 2 is 1.96 bits per heavy atom. The number of aryl methyl sites for hydroxylation is 1. The first-order chi connectivity index (χ1) is 11.6. The summed E-state index contributed by atoms with van der Waals surface area (Å²) in [4.78, 5) is 14.3. The summed E-state index contributed by atoms with van der Waals surface area (Å²) in [6.07, 6.45) is 3.57. The third-order valence-electron chi connectivity index (χ3n) is 4.57. The number of benzene rings is 1. The van der Waals surface area contributed by atoms with Crippen molar-refractivity contribution in [1.29, 1.82) is 0 Å². The number of likely N-dealkylation sites (tertiary alicyclic amines) is 1. The molecule has 4 rings (SSSR count). The second kappa shape index (κ2) is 5.59. The van der Waals surface area contributed by atoms with Crippen molar-refractivity contribution in [3.63, 3.8) is 0 Å². The highest BCUT2D eigenvalue weighted by Crippen LogP contribution is 2.25. The zero-order valence-corrected chi connectivity index (χ0v) is 13.6. The molecule has 3 heterocycles. The van der Waals surface area contributed by atoms with Gasteiger partial charge in [-0.25, -0.2) is 4.68 Å². The number of hydrogen-bond acceptors (Lipinski definition) is 4. The minimum Gasteiger partial charge on any atom is -0.334 e. The van der Waals surface area contributed by atoms with E-state index < -0.39 is 0 Å². The molecule has 0 spiro atoms. The van der Waals surface area contributed by atoms with E-state index in [0.717, 1.165) is 17.0 Å². The third kappa shape index (κ3) is 2.38. The van der Waals surface area contributed by atoms with Crippen LogP contribution in [0.5, 0.6) is 0 Å². The van der Waals surface area contributed by atoms with Crippen LogP contribution in [0.25, 0.3) is 11.3 Å². The molecule has 1 aliphatic rings. The molecule has 1 aliphatic heterocycles. The molecule has 0 unspecified atom stereocenters. The number of rotatable bonds is 3. The molecule has 0 N–H and O–H groups in total. The van der Waals surface area contributed by atoms with Gasteiger partial charge in [0.05, 0.1) is 24.0 Å². The summed E-state index contributed by atoms with van der Waals surface area (Å²) in [6.45, 7) is 3.19. The summed E-state index contributed by atoms with van der Waals surface area (Å²) in [6, 6.07) is 10.1. The van der Waals surface area contributed by atoms with Crippen molar-refractivity contribution >= 4 is 5.91 Å². The first-order valence-electron chi connectivity index (χ1n) is 7.88. The van der Waals surface area contributed by atoms with Crippen LogP contribution in [0.4, 0.5) is 0 Å². The van der Waals surface area contributed by atoms with E-state index in [4.69, 9.17) is 0 Å². The zero-order valence-electron chi connectivity index (χ0n) is 13.6. The Labute approximate surface area is 139 Å². The molecule has 24 heavy (non-hydrogen) atoms. The zero-order chi connectivity index (χ0) is 16.7. The first kappa shape index (κ1) is 14.6. The van der Waals surface area contributed by atoms with E-state index in [1.807, 2.05) is 60.1 Å². The van der Waals surface area contributed by atoms with E-state index in [-0.39, 0.29) is 11.9 Å². The van der Waals surface area contributed by atoms with Gasteiger partial charge in [-0.05, 0) is 6.92 Å². The summed E-state index contributed by atoms with van der Waals surface area (Å²) in [5.74, 6) is 0.0280. The fourth-order valence-corrected chi connectivity index (χ4v) is 2.86. The number of carbonyl (C=O) groups is 1. The summed E-state index contributed by atoms with van der Waals surface area (Å²) in [5.41, 5.74) is 3.44. The molecule has 0 atom stereocenters. The topological polar surface area (TPSA) is 68.8 Å². The molecule has 0 bridgehead atoms. The van der Waals surface area contributed by atoms with Crippen LogP contribution in [0.3, 0.4) is 0 Å². The highest BCUT2D eigenvalue weighted by atomic mass is 16.2. The molecule has 3 aromatic rings. The maximum atomic E-state index is 12.5. The lowest BCUT2D eigenvalue weighted by molar-refractivity contribution is 0.0497. The van der Waals surface area contributed by atoms with Crippen LogP contribution in [0.2, 0.25) is 0 Å². The lowest BCUT2D eigenvalue weighted by atomic mass is 10.1. The van der Waals surface area contributed by atoms with Gasteiger partial charge in [0.15, 0.2) is 0 Å². The molecule has 7 nitrogen and oxygen atoms in total. The van der Waals surface area contributed by atoms with Crippen molar-refractivity contribution < 1.29 is 4.79 Å². The second-order valence-corrected chi connectivity index (χ2v) is 6.08. The van der Waals surface area contributed by atoms with E-state index in [9.17, 15) is 4.79 Å². The van der Waals surface area contributed by atoms with Crippen LogP contribution < -0.4 is 0 Å². The Hall–Kier alpha value is -2.96. The molecule has 0 radical (unpaired) electrons. The lowest BCUT2D eigenvalue weighted by Crippen LogP contribution is -2.51. The van der Waals surface area contributed by atoms with E-state index >= 15 is 0 Å². The normalized spacial score (nSPS) is 14.7. The van der Waals surface area contributed by atoms with Crippen LogP contribution in [0.1, 0.15) is 22.1 Å². The van der Waals surface area contributed by atoms with Crippen molar-refractivity contribution in [2.45, 2.75) is 13.0 Å². The van der Waals surface area contributed by atoms with Gasteiger partial charge in [-0.1, -0.05) is 35.5 Å². The average Bonchev–Trinajstić information content (AvgIpc) is 3.15. The van der Waals surface area contributed by atoms with Crippen molar-refractivity contribution in [1.82, 2.24) is 29.7 Å². The van der Waals surface area contributed by atoms with Gasteiger partial charge >= 0.3 is 0 Å². The molecule has 1 fully saturated rings. The minimum absolute atomic E-state index is 0.0280. The van der Waals surface area contributed by atoms with E-state index in [1.54, 1.807) is 10.9 Å². The van der Waals surface area contributed by atoms with E-state index in [1.165, 1.54) is 0 Å². The molecule has 122 valence electrons. The van der Waals surface area contributed by atoms with Crippen LogP contribution in [-0.4, -0.2) is 48.7 Å². The molecule has 1 aromatic carbocycles. The fourth-order valence-electron chi connectivity index (χ4n) is 2.86. The molecule has 0 aliphatic carbocycles. The fraction of sp³-hybridized carbons (Fsp3) is 0.294. The quantitative estimate of drug-likeness (QED) is 0.736. The smallest absolute Gasteiger partial charge is 0.257 e. The van der Waals surface area contributed by atoms with Gasteiger partial charge in [-0.3, -0.25) is 9.48 Å². The molecule has 1 saturated heterocycles. The largest absolute Gasteiger partial charge is 0.334 e. The SMILES string of the molecule is Cc1c(C(=O)N2CC(n3cc(-c4ccccc4)nn3)C2)cnn1C. The van der Waals surface area contributed by atoms with Crippen molar-refractivity contribution in [3.05, 3.63) is 54.0 Å². The molecule has 2 aromatic heterocycles. The summed E-state index contributed by atoms with van der Waals surface area (Å²) in [7, 11) is 1.84. The van der Waals surface area contributed by atoms with Gasteiger partial charge in [0.25, 0.3) is 5.91 Å². The Morgan fingerprint density at radius 1 is 1.21 bits per heavy atom. The standard InChI is InChI=1S/C17H18N6O/c1-12-15(8-18-21(12)2)17(24)22-9-14(10-22)23-11-16(19-20-23)13-6-4-3-5-7-13/h3-8,11,14H,9-10H2,1-2H3. The van der Waals surface area contributed by atoms with Crippen molar-refractivity contribution in [2.24, 2.45) is 7.05 Å². The lowest BCUT2D eigenvalue weighted by Gasteiger charge is -2.38. The number of aromatic nitrogens is 5. The van der Waals surface area contributed by atoms with Gasteiger partial charge in [0.2, 0.25) is 0 Å². The Balaban J connectivity index is 1.44. The van der Waals surface area contributed by atoms with E-state index in [0.29, 0.717) is 18.7 Å². The summed E-state index contributed by atoms with van der Waals surface area (Å²) >= 11 is 0. The average molecular weight is 322 g/mol. The Kier molecular flexibility index (Phi) is 3.41. The third-order valence-corrected chi connectivity index (χ3v) is 4.57. The second-order valence-electron chi connectivity index (χ2n) is 6.08. The highest BCUT2D eigenvalue weighted by Gasteiger charge is 2.34. The molecular formula is C17H18N6O. The molecular weight excluding hydrogens is 304 g/mol. The van der Waals surface area contributed by atoms with Gasteiger partial charge < -0.3 is 4.90 Å². The van der Waals surface area contributed by atoms with Gasteiger partial charge in [-0.2, -0.15) is 5.10 Å². The minimum atomic E-state index is 0.0280. The number of amides is 1. The molecule has 7 heteroatoms. The van der Waals surface area contributed by atoms with Gasteiger partial charge in [-0.15, -0.1) is 5.10 Å². The van der Waals surface area contributed by atoms with Crippen LogP contribution in [0, 0.1) is 6.92 Å². The summed E-state index contributed by atoms with van der Waals surface area (Å²) < 4.78 is 3.57. The maximum absolute atomic E-state index is 12.5. The predicted molar refractivity (Wildman–Crippen MR) is 88.3 cm³/mol. The molecule has 0 saturated carbocycles. The molecule has 1 amide bonds. The predicted octanol–water partition coefficient (Wildman–Crippen LogP) is 1.68. The van der Waals surface area contributed by atoms with Crippen LogP contribution in [0.15, 0.2) is 42.7 Å². The van der Waals surface area contributed by atoms with Crippen LogP contribution in [-0.2, 0) is 7.05 Å². The monoisotopic (exact) mass is 322 g/mol. The van der Waals surface area contributed by atoms with Gasteiger partial charge in [0.1, 0.15) is 5.69 Å². The van der Waals surface area contributed by atoms with Crippen LogP contribution >= 0.6 is 0 Å². The van der Waals surface area contributed by atoms with Gasteiger partial charge in [0, 0.05) is 31.4 Å². The highest BCUT2D eigenvalue weighted by molar-refractivity contribution is 5.95. The number of carbonyl (C=O) groups excluding carboxylic acids is 1. The van der Waals surface area contributed by atoms with E-state index in [2.05, 4.69) is 15.4 Å². The Morgan fingerprint density at radius 3 is 2.62 bits per heavy atom. The number of nitrogens with zero attached hydrogens (tertiary/aromatic N) is 6. The summed E-state index contributed by atoms with van der Waals surface area (Å²) in [5, 5.41) is 12.6. The van der Waals surface area contributed by atoms with Crippen molar-refractivity contribution in [2.75, 3.05) is 13.1 Å². The maximum Gasteiger partial charge on any atom is 0.257 e. The van der Waals surface area contributed by atoms with Crippen molar-refractivity contribution in [3.8, 4) is 11.3 Å². The number of hydrogen-bond donors (Lipinski definition) is 0.